The van der Waals surface area contributed by atoms with Crippen LogP contribution in [0.2, 0.25) is 0 Å². The molecule has 11 nitrogen and oxygen atoms in total. The molecule has 0 aliphatic carbocycles. The lowest BCUT2D eigenvalue weighted by molar-refractivity contribution is -0.116. The first-order chi connectivity index (χ1) is 18.5. The van der Waals surface area contributed by atoms with Gasteiger partial charge in [-0.1, -0.05) is 18.2 Å². The van der Waals surface area contributed by atoms with Gasteiger partial charge in [-0.05, 0) is 73.7 Å². The van der Waals surface area contributed by atoms with Crippen molar-refractivity contribution < 1.29 is 26.4 Å². The molecule has 0 saturated carbocycles. The molecule has 4 aromatic rings. The summed E-state index contributed by atoms with van der Waals surface area (Å²) >= 11 is 0. The van der Waals surface area contributed by atoms with Crippen LogP contribution in [0.1, 0.15) is 6.92 Å². The smallest absolute Gasteiger partial charge is 0.264 e. The fourth-order valence-electron chi connectivity index (χ4n) is 3.59. The second kappa shape index (κ2) is 11.5. The molecule has 13 heteroatoms. The number of hydrogen-bond acceptors (Lipinski definition) is 8. The highest BCUT2D eigenvalue weighted by molar-refractivity contribution is 7.92. The predicted octanol–water partition coefficient (Wildman–Crippen LogP) is 3.86. The number of sulfonamides is 2. The van der Waals surface area contributed by atoms with Gasteiger partial charge >= 0.3 is 0 Å². The van der Waals surface area contributed by atoms with Gasteiger partial charge in [0.1, 0.15) is 17.5 Å². The molecule has 202 valence electrons. The van der Waals surface area contributed by atoms with Crippen molar-refractivity contribution in [2.45, 2.75) is 17.9 Å². The van der Waals surface area contributed by atoms with Gasteiger partial charge in [-0.3, -0.25) is 9.10 Å². The van der Waals surface area contributed by atoms with Crippen molar-refractivity contribution in [3.63, 3.8) is 0 Å². The zero-order valence-electron chi connectivity index (χ0n) is 20.9. The Balaban J connectivity index is 1.46. The van der Waals surface area contributed by atoms with Crippen molar-refractivity contribution in [1.29, 1.82) is 0 Å². The van der Waals surface area contributed by atoms with Crippen molar-refractivity contribution >= 4 is 43.3 Å². The maximum absolute atomic E-state index is 13.0. The lowest BCUT2D eigenvalue weighted by Gasteiger charge is -2.28. The maximum atomic E-state index is 13.0. The van der Waals surface area contributed by atoms with E-state index in [1.54, 1.807) is 42.5 Å². The number of para-hydroxylation sites is 1. The zero-order valence-corrected chi connectivity index (χ0v) is 22.6. The van der Waals surface area contributed by atoms with E-state index in [1.807, 2.05) is 18.2 Å². The topological polar surface area (TPSA) is 148 Å². The van der Waals surface area contributed by atoms with Crippen LogP contribution in [-0.4, -0.2) is 45.0 Å². The Morgan fingerprint density at radius 2 is 1.41 bits per heavy atom. The molecule has 0 fully saturated rings. The van der Waals surface area contributed by atoms with Crippen molar-refractivity contribution in [3.05, 3.63) is 97.3 Å². The summed E-state index contributed by atoms with van der Waals surface area (Å²) in [7, 11) is -7.80. The van der Waals surface area contributed by atoms with E-state index in [4.69, 9.17) is 4.74 Å². The normalized spacial score (nSPS) is 12.3. The maximum Gasteiger partial charge on any atom is 0.264 e. The highest BCUT2D eigenvalue weighted by Gasteiger charge is 2.29. The summed E-state index contributed by atoms with van der Waals surface area (Å²) in [6, 6.07) is 21.2. The summed E-state index contributed by atoms with van der Waals surface area (Å²) < 4.78 is 59.4. The van der Waals surface area contributed by atoms with Crippen LogP contribution < -0.4 is 19.1 Å². The van der Waals surface area contributed by atoms with Gasteiger partial charge in [0.2, 0.25) is 21.9 Å². The van der Waals surface area contributed by atoms with Crippen molar-refractivity contribution in [3.8, 4) is 11.5 Å². The molecule has 0 aliphatic rings. The molecule has 0 spiro atoms. The molecule has 0 aliphatic heterocycles. The molecular weight excluding hydrogens is 542 g/mol. The third kappa shape index (κ3) is 7.09. The number of carbonyl (C=O) groups excluding carboxylic acids is 1. The van der Waals surface area contributed by atoms with Gasteiger partial charge in [-0.25, -0.2) is 31.5 Å². The highest BCUT2D eigenvalue weighted by atomic mass is 32.2. The van der Waals surface area contributed by atoms with Crippen LogP contribution in [-0.2, 0) is 24.8 Å². The molecule has 4 rings (SSSR count). The van der Waals surface area contributed by atoms with Crippen LogP contribution in [0.5, 0.6) is 11.5 Å². The van der Waals surface area contributed by atoms with Gasteiger partial charge in [0, 0.05) is 18.1 Å². The summed E-state index contributed by atoms with van der Waals surface area (Å²) in [6.45, 7) is 1.45. The van der Waals surface area contributed by atoms with Crippen LogP contribution in [0.15, 0.2) is 102 Å². The lowest BCUT2D eigenvalue weighted by atomic mass is 10.2. The average molecular weight is 568 g/mol. The van der Waals surface area contributed by atoms with Gasteiger partial charge < -0.3 is 10.1 Å². The minimum absolute atomic E-state index is 0.0726. The van der Waals surface area contributed by atoms with Gasteiger partial charge in [0.25, 0.3) is 10.0 Å². The first-order valence-corrected chi connectivity index (χ1v) is 14.9. The molecule has 1 amide bonds. The number of anilines is 3. The first kappa shape index (κ1) is 27.5. The van der Waals surface area contributed by atoms with Gasteiger partial charge in [-0.15, -0.1) is 0 Å². The summed E-state index contributed by atoms with van der Waals surface area (Å²) in [5.41, 5.74) is 0.554. The number of amides is 1. The Morgan fingerprint density at radius 3 is 2.00 bits per heavy atom. The minimum atomic E-state index is -3.95. The van der Waals surface area contributed by atoms with E-state index in [0.29, 0.717) is 11.5 Å². The summed E-state index contributed by atoms with van der Waals surface area (Å²) in [6.07, 6.45) is 3.81. The fraction of sp³-hybridized carbons (Fsp3) is 0.115. The number of carbonyl (C=O) groups is 1. The molecule has 0 bridgehead atoms. The average Bonchev–Trinajstić information content (AvgIpc) is 2.90. The van der Waals surface area contributed by atoms with E-state index in [2.05, 4.69) is 20.0 Å². The number of hydrogen-bond donors (Lipinski definition) is 2. The van der Waals surface area contributed by atoms with Crippen LogP contribution in [0.3, 0.4) is 0 Å². The third-order valence-corrected chi connectivity index (χ3v) is 7.97. The van der Waals surface area contributed by atoms with E-state index in [0.717, 1.165) is 10.6 Å². The monoisotopic (exact) mass is 567 g/mol. The number of benzene rings is 3. The molecule has 1 heterocycles. The molecule has 1 aromatic heterocycles. The zero-order chi connectivity index (χ0) is 28.0. The Kier molecular flexibility index (Phi) is 8.12. The standard InChI is InChI=1S/C26H25N5O6S2/c1-19(31(38(2,33)34)21-11-13-23(14-12-21)37-22-7-4-3-5-8-22)25(32)29-20-9-15-24(16-10-20)39(35,36)30-26-27-17-6-18-28-26/h3-19H,1-2H3,(H,29,32)(H,27,28,30)/t19-/m0/s1. The van der Waals surface area contributed by atoms with E-state index >= 15 is 0 Å². The first-order valence-electron chi connectivity index (χ1n) is 11.6. The van der Waals surface area contributed by atoms with Crippen LogP contribution in [0.4, 0.5) is 17.3 Å². The van der Waals surface area contributed by atoms with Gasteiger partial charge in [-0.2, -0.15) is 0 Å². The Labute approximate surface area is 226 Å². The molecule has 0 unspecified atom stereocenters. The van der Waals surface area contributed by atoms with Gasteiger partial charge in [0.05, 0.1) is 16.8 Å². The quantitative estimate of drug-likeness (QED) is 0.294. The van der Waals surface area contributed by atoms with E-state index in [1.165, 1.54) is 43.6 Å². The Morgan fingerprint density at radius 1 is 0.821 bits per heavy atom. The largest absolute Gasteiger partial charge is 0.457 e. The van der Waals surface area contributed by atoms with Crippen molar-refractivity contribution in [2.24, 2.45) is 0 Å². The number of nitrogens with one attached hydrogen (secondary N) is 2. The van der Waals surface area contributed by atoms with Crippen LogP contribution >= 0.6 is 0 Å². The number of nitrogens with zero attached hydrogens (tertiary/aromatic N) is 3. The summed E-state index contributed by atoms with van der Waals surface area (Å²) in [4.78, 5) is 20.6. The van der Waals surface area contributed by atoms with E-state index < -0.39 is 32.0 Å². The Bertz CT molecular complexity index is 1630. The number of aromatic nitrogens is 2. The fourth-order valence-corrected chi connectivity index (χ4v) is 5.72. The molecule has 0 radical (unpaired) electrons. The van der Waals surface area contributed by atoms with Gasteiger partial charge in [0.15, 0.2) is 0 Å². The van der Waals surface area contributed by atoms with Crippen LogP contribution in [0, 0.1) is 0 Å². The van der Waals surface area contributed by atoms with Crippen LogP contribution in [0.25, 0.3) is 0 Å². The molecule has 1 atom stereocenters. The number of ether oxygens (including phenoxy) is 1. The predicted molar refractivity (Wildman–Crippen MR) is 148 cm³/mol. The molecule has 0 saturated heterocycles. The second-order valence-electron chi connectivity index (χ2n) is 8.34. The summed E-state index contributed by atoms with van der Waals surface area (Å²) in [5.74, 6) is 0.431. The second-order valence-corrected chi connectivity index (χ2v) is 11.9. The summed E-state index contributed by atoms with van der Waals surface area (Å²) in [5, 5.41) is 2.63. The highest BCUT2D eigenvalue weighted by Crippen LogP contribution is 2.27. The SMILES string of the molecule is C[C@@H](C(=O)Nc1ccc(S(=O)(=O)Nc2ncccn2)cc1)N(c1ccc(Oc2ccccc2)cc1)S(C)(=O)=O. The lowest BCUT2D eigenvalue weighted by Crippen LogP contribution is -2.45. The molecule has 2 N–H and O–H groups in total. The molecular formula is C26H25N5O6S2. The van der Waals surface area contributed by atoms with Crippen molar-refractivity contribution in [1.82, 2.24) is 9.97 Å². The molecule has 3 aromatic carbocycles. The van der Waals surface area contributed by atoms with E-state index in [9.17, 15) is 21.6 Å². The number of rotatable bonds is 10. The van der Waals surface area contributed by atoms with Crippen molar-refractivity contribution in [2.75, 3.05) is 20.6 Å². The third-order valence-electron chi connectivity index (χ3n) is 5.38. The Hall–Kier alpha value is -4.49. The molecule has 39 heavy (non-hydrogen) atoms. The minimum Gasteiger partial charge on any atom is -0.457 e. The van der Waals surface area contributed by atoms with E-state index in [-0.39, 0.29) is 22.2 Å².